The van der Waals surface area contributed by atoms with Crippen molar-refractivity contribution >= 4 is 11.9 Å². The highest BCUT2D eigenvalue weighted by Gasteiger charge is 2.30. The lowest BCUT2D eigenvalue weighted by Crippen LogP contribution is -2.50. The summed E-state index contributed by atoms with van der Waals surface area (Å²) in [6, 6.07) is 11.4. The first kappa shape index (κ1) is 18.7. The monoisotopic (exact) mass is 316 g/mol. The van der Waals surface area contributed by atoms with Crippen molar-refractivity contribution in [3.8, 4) is 6.07 Å². The number of hydrogen-bond acceptors (Lipinski definition) is 4. The number of carbonyl (C=O) groups is 2. The van der Waals surface area contributed by atoms with Crippen LogP contribution in [0.25, 0.3) is 0 Å². The van der Waals surface area contributed by atoms with Crippen LogP contribution >= 0.6 is 0 Å². The molecule has 0 radical (unpaired) electrons. The summed E-state index contributed by atoms with van der Waals surface area (Å²) >= 11 is 0. The van der Waals surface area contributed by atoms with Gasteiger partial charge in [0.15, 0.2) is 6.61 Å². The minimum absolute atomic E-state index is 0.0557. The van der Waals surface area contributed by atoms with Gasteiger partial charge in [-0.3, -0.25) is 9.59 Å². The van der Waals surface area contributed by atoms with Gasteiger partial charge in [0.05, 0.1) is 12.0 Å². The van der Waals surface area contributed by atoms with Crippen molar-refractivity contribution in [3.05, 3.63) is 35.9 Å². The van der Waals surface area contributed by atoms with E-state index >= 15 is 0 Å². The topological polar surface area (TPSA) is 79.2 Å². The zero-order valence-electron chi connectivity index (χ0n) is 14.1. The molecule has 1 amide bonds. The lowest BCUT2D eigenvalue weighted by Gasteiger charge is -2.27. The zero-order valence-corrected chi connectivity index (χ0v) is 14.1. The maximum absolute atomic E-state index is 12.2. The summed E-state index contributed by atoms with van der Waals surface area (Å²) in [5.74, 6) is -1.35. The van der Waals surface area contributed by atoms with Crippen LogP contribution in [-0.4, -0.2) is 24.0 Å². The molecule has 124 valence electrons. The standard InChI is InChI=1S/C18H24N2O3/c1-5-15(14-9-7-6-8-10-14)17(22)23-11-16(21)20-18(4,12-19)13(2)3/h6-10,13,15H,5,11H2,1-4H3,(H,20,21)/t15-,18-/m1/s1. The lowest BCUT2D eigenvalue weighted by molar-refractivity contribution is -0.150. The van der Waals surface area contributed by atoms with E-state index in [9.17, 15) is 14.9 Å². The summed E-state index contributed by atoms with van der Waals surface area (Å²) in [6.07, 6.45) is 0.590. The van der Waals surface area contributed by atoms with Crippen LogP contribution in [0.2, 0.25) is 0 Å². The van der Waals surface area contributed by atoms with Gasteiger partial charge in [-0.2, -0.15) is 5.26 Å². The van der Waals surface area contributed by atoms with Gasteiger partial charge in [-0.25, -0.2) is 0 Å². The van der Waals surface area contributed by atoms with E-state index < -0.39 is 23.3 Å². The number of benzene rings is 1. The fourth-order valence-corrected chi connectivity index (χ4v) is 2.09. The van der Waals surface area contributed by atoms with Crippen molar-refractivity contribution in [1.29, 1.82) is 5.26 Å². The van der Waals surface area contributed by atoms with E-state index in [0.717, 1.165) is 5.56 Å². The fourth-order valence-electron chi connectivity index (χ4n) is 2.09. The third-order valence-corrected chi connectivity index (χ3v) is 4.03. The number of esters is 1. The molecule has 0 aromatic heterocycles. The normalized spacial score (nSPS) is 14.4. The molecule has 0 unspecified atom stereocenters. The van der Waals surface area contributed by atoms with Crippen LogP contribution in [0.15, 0.2) is 30.3 Å². The van der Waals surface area contributed by atoms with Gasteiger partial charge in [0.25, 0.3) is 5.91 Å². The Morgan fingerprint density at radius 2 is 1.91 bits per heavy atom. The number of ether oxygens (including phenoxy) is 1. The first-order valence-electron chi connectivity index (χ1n) is 7.77. The first-order chi connectivity index (χ1) is 10.8. The van der Waals surface area contributed by atoms with Gasteiger partial charge in [0.1, 0.15) is 5.54 Å². The molecule has 1 N–H and O–H groups in total. The molecule has 1 aromatic rings. The molecule has 0 aliphatic heterocycles. The smallest absolute Gasteiger partial charge is 0.313 e. The van der Waals surface area contributed by atoms with E-state index in [1.54, 1.807) is 6.92 Å². The molecular weight excluding hydrogens is 292 g/mol. The highest BCUT2D eigenvalue weighted by Crippen LogP contribution is 2.21. The Morgan fingerprint density at radius 1 is 1.30 bits per heavy atom. The Labute approximate surface area is 137 Å². The molecule has 0 aliphatic carbocycles. The van der Waals surface area contributed by atoms with E-state index in [1.807, 2.05) is 51.1 Å². The van der Waals surface area contributed by atoms with E-state index in [0.29, 0.717) is 6.42 Å². The predicted octanol–water partition coefficient (Wildman–Crippen LogP) is 2.78. The van der Waals surface area contributed by atoms with Gasteiger partial charge in [-0.1, -0.05) is 51.1 Å². The SMILES string of the molecule is CC[C@@H](C(=O)OCC(=O)N[C@](C)(C#N)C(C)C)c1ccccc1. The molecule has 1 aromatic carbocycles. The van der Waals surface area contributed by atoms with Crippen LogP contribution in [0.1, 0.15) is 45.6 Å². The first-order valence-corrected chi connectivity index (χ1v) is 7.77. The minimum atomic E-state index is -0.979. The molecule has 0 heterocycles. The number of hydrogen-bond donors (Lipinski definition) is 1. The van der Waals surface area contributed by atoms with Gasteiger partial charge in [-0.05, 0) is 24.8 Å². The minimum Gasteiger partial charge on any atom is -0.455 e. The second-order valence-electron chi connectivity index (χ2n) is 6.00. The highest BCUT2D eigenvalue weighted by atomic mass is 16.5. The van der Waals surface area contributed by atoms with Crippen LogP contribution in [0.3, 0.4) is 0 Å². The molecule has 23 heavy (non-hydrogen) atoms. The number of nitriles is 1. The van der Waals surface area contributed by atoms with Crippen molar-refractivity contribution in [2.24, 2.45) is 5.92 Å². The van der Waals surface area contributed by atoms with Crippen LogP contribution < -0.4 is 5.32 Å². The molecule has 5 nitrogen and oxygen atoms in total. The average molecular weight is 316 g/mol. The molecule has 0 aliphatic rings. The average Bonchev–Trinajstić information content (AvgIpc) is 2.54. The molecule has 0 fully saturated rings. The molecule has 2 atom stereocenters. The van der Waals surface area contributed by atoms with Gasteiger partial charge >= 0.3 is 5.97 Å². The van der Waals surface area contributed by atoms with Gasteiger partial charge in [0, 0.05) is 0 Å². The maximum atomic E-state index is 12.2. The number of rotatable bonds is 7. The Hall–Kier alpha value is -2.35. The second kappa shape index (κ2) is 8.33. The largest absolute Gasteiger partial charge is 0.455 e. The summed E-state index contributed by atoms with van der Waals surface area (Å²) in [4.78, 5) is 24.1. The summed E-state index contributed by atoms with van der Waals surface area (Å²) < 4.78 is 5.12. The van der Waals surface area contributed by atoms with Crippen LogP contribution in [0, 0.1) is 17.2 Å². The zero-order chi connectivity index (χ0) is 17.5. The van der Waals surface area contributed by atoms with Crippen LogP contribution in [0.5, 0.6) is 0 Å². The van der Waals surface area contributed by atoms with E-state index in [2.05, 4.69) is 11.4 Å². The molecule has 0 saturated heterocycles. The Bertz CT molecular complexity index is 578. The molecule has 0 bridgehead atoms. The second-order valence-corrected chi connectivity index (χ2v) is 6.00. The van der Waals surface area contributed by atoms with Gasteiger partial charge < -0.3 is 10.1 Å². The number of nitrogens with zero attached hydrogens (tertiary/aromatic N) is 1. The Morgan fingerprint density at radius 3 is 2.39 bits per heavy atom. The van der Waals surface area contributed by atoms with E-state index in [-0.39, 0.29) is 12.5 Å². The summed E-state index contributed by atoms with van der Waals surface area (Å²) in [7, 11) is 0. The Balaban J connectivity index is 2.62. The van der Waals surface area contributed by atoms with Crippen molar-refractivity contribution in [3.63, 3.8) is 0 Å². The summed E-state index contributed by atoms with van der Waals surface area (Å²) in [6.45, 7) is 6.85. The number of amides is 1. The van der Waals surface area contributed by atoms with Crippen LogP contribution in [-0.2, 0) is 14.3 Å². The number of carbonyl (C=O) groups excluding carboxylic acids is 2. The summed E-state index contributed by atoms with van der Waals surface area (Å²) in [5, 5.41) is 11.8. The summed E-state index contributed by atoms with van der Waals surface area (Å²) in [5.41, 5.74) is -0.114. The lowest BCUT2D eigenvalue weighted by atomic mass is 9.90. The molecule has 0 saturated carbocycles. The van der Waals surface area contributed by atoms with Crippen molar-refractivity contribution in [1.82, 2.24) is 5.32 Å². The number of nitrogens with one attached hydrogen (secondary N) is 1. The highest BCUT2D eigenvalue weighted by molar-refractivity contribution is 5.84. The van der Waals surface area contributed by atoms with Gasteiger partial charge in [0.2, 0.25) is 0 Å². The third-order valence-electron chi connectivity index (χ3n) is 4.03. The van der Waals surface area contributed by atoms with Gasteiger partial charge in [-0.15, -0.1) is 0 Å². The van der Waals surface area contributed by atoms with Crippen molar-refractivity contribution < 1.29 is 14.3 Å². The molecule has 5 heteroatoms. The predicted molar refractivity (Wildman–Crippen MR) is 87.4 cm³/mol. The maximum Gasteiger partial charge on any atom is 0.313 e. The Kier molecular flexibility index (Phi) is 6.77. The molecule has 0 spiro atoms. The van der Waals surface area contributed by atoms with E-state index in [4.69, 9.17) is 4.74 Å². The molecule has 1 rings (SSSR count). The van der Waals surface area contributed by atoms with Crippen molar-refractivity contribution in [2.75, 3.05) is 6.61 Å². The van der Waals surface area contributed by atoms with Crippen molar-refractivity contribution in [2.45, 2.75) is 45.6 Å². The third kappa shape index (κ3) is 5.10. The fraction of sp³-hybridized carbons (Fsp3) is 0.500. The quantitative estimate of drug-likeness (QED) is 0.784. The van der Waals surface area contributed by atoms with E-state index in [1.165, 1.54) is 0 Å². The molecular formula is C18H24N2O3. The van der Waals surface area contributed by atoms with Crippen LogP contribution in [0.4, 0.5) is 0 Å².